The third-order valence-corrected chi connectivity index (χ3v) is 10.3. The standard InChI is InChI=1S/C31H39N5O3S/c1-4-40(38,39)24-14-8-21(9-15-24)17-32-31(37)35-18-25(28-7-5-6-27(33-28)22-10-11-22)26(19-35)30-16-29(23-12-13-23)34-36(30)20(2)3/h5-9,14-16,20,22-23,25-26H,4,10-13,17-19H2,1-3H3,(H,32,37). The van der Waals surface area contributed by atoms with Crippen molar-refractivity contribution in [2.75, 3.05) is 18.8 Å². The van der Waals surface area contributed by atoms with E-state index >= 15 is 0 Å². The second-order valence-corrected chi connectivity index (χ2v) is 14.2. The Hall–Kier alpha value is -3.20. The lowest BCUT2D eigenvalue weighted by atomic mass is 9.89. The van der Waals surface area contributed by atoms with Crippen molar-refractivity contribution >= 4 is 15.9 Å². The summed E-state index contributed by atoms with van der Waals surface area (Å²) in [7, 11) is -3.25. The number of hydrogen-bond donors (Lipinski definition) is 1. The number of hydrogen-bond acceptors (Lipinski definition) is 5. The van der Waals surface area contributed by atoms with Crippen LogP contribution in [0.3, 0.4) is 0 Å². The van der Waals surface area contributed by atoms with Gasteiger partial charge >= 0.3 is 6.03 Å². The van der Waals surface area contributed by atoms with Gasteiger partial charge in [0.05, 0.1) is 16.3 Å². The van der Waals surface area contributed by atoms with Crippen LogP contribution in [-0.4, -0.2) is 53.0 Å². The van der Waals surface area contributed by atoms with Crippen molar-refractivity contribution in [1.82, 2.24) is 25.0 Å². The van der Waals surface area contributed by atoms with Crippen LogP contribution in [0.25, 0.3) is 0 Å². The first-order chi connectivity index (χ1) is 19.2. The summed E-state index contributed by atoms with van der Waals surface area (Å²) in [6.45, 7) is 7.51. The van der Waals surface area contributed by atoms with Gasteiger partial charge in [0, 0.05) is 66.4 Å². The maximum atomic E-state index is 13.4. The highest BCUT2D eigenvalue weighted by Gasteiger charge is 2.41. The van der Waals surface area contributed by atoms with E-state index in [9.17, 15) is 13.2 Å². The number of nitrogens with one attached hydrogen (secondary N) is 1. The summed E-state index contributed by atoms with van der Waals surface area (Å²) in [6.07, 6.45) is 4.81. The van der Waals surface area contributed by atoms with E-state index in [1.165, 1.54) is 42.8 Å². The molecule has 212 valence electrons. The Labute approximate surface area is 237 Å². The molecular weight excluding hydrogens is 522 g/mol. The Morgan fingerprint density at radius 1 is 0.950 bits per heavy atom. The molecule has 2 amide bonds. The van der Waals surface area contributed by atoms with Crippen LogP contribution in [0.5, 0.6) is 0 Å². The number of pyridine rings is 1. The summed E-state index contributed by atoms with van der Waals surface area (Å²) in [5, 5.41) is 8.07. The number of benzene rings is 1. The molecule has 1 N–H and O–H groups in total. The average Bonchev–Trinajstić information content (AvgIpc) is 3.90. The van der Waals surface area contributed by atoms with E-state index in [1.54, 1.807) is 31.2 Å². The maximum Gasteiger partial charge on any atom is 0.317 e. The number of carbonyl (C=O) groups excluding carboxylic acids is 1. The second kappa shape index (κ2) is 10.7. The number of sulfone groups is 1. The topological polar surface area (TPSA) is 97.2 Å². The predicted molar refractivity (Wildman–Crippen MR) is 154 cm³/mol. The van der Waals surface area contributed by atoms with E-state index in [0.717, 1.165) is 11.3 Å². The summed E-state index contributed by atoms with van der Waals surface area (Å²) in [6, 6.07) is 15.5. The Bertz CT molecular complexity index is 1490. The largest absolute Gasteiger partial charge is 0.334 e. The number of urea groups is 1. The summed E-state index contributed by atoms with van der Waals surface area (Å²) >= 11 is 0. The number of rotatable bonds is 9. The van der Waals surface area contributed by atoms with Crippen molar-refractivity contribution in [2.45, 2.75) is 87.6 Å². The van der Waals surface area contributed by atoms with Gasteiger partial charge in [-0.15, -0.1) is 0 Å². The van der Waals surface area contributed by atoms with Crippen molar-refractivity contribution in [3.63, 3.8) is 0 Å². The molecule has 2 unspecified atom stereocenters. The van der Waals surface area contributed by atoms with Gasteiger partial charge in [-0.25, -0.2) is 13.2 Å². The number of likely N-dealkylation sites (tertiary alicyclic amines) is 1. The molecule has 1 aliphatic heterocycles. The van der Waals surface area contributed by atoms with E-state index in [0.29, 0.717) is 36.4 Å². The number of carbonyl (C=O) groups is 1. The van der Waals surface area contributed by atoms with E-state index in [1.807, 2.05) is 4.90 Å². The summed E-state index contributed by atoms with van der Waals surface area (Å²) in [5.41, 5.74) is 5.47. The van der Waals surface area contributed by atoms with Crippen LogP contribution in [-0.2, 0) is 16.4 Å². The summed E-state index contributed by atoms with van der Waals surface area (Å²) in [5.74, 6) is 1.39. The highest BCUT2D eigenvalue weighted by molar-refractivity contribution is 7.91. The highest BCUT2D eigenvalue weighted by atomic mass is 32.2. The first-order valence-electron chi connectivity index (χ1n) is 14.6. The monoisotopic (exact) mass is 561 g/mol. The zero-order valence-corrected chi connectivity index (χ0v) is 24.4. The molecule has 3 heterocycles. The minimum atomic E-state index is -3.25. The molecule has 2 saturated carbocycles. The van der Waals surface area contributed by atoms with Gasteiger partial charge in [0.25, 0.3) is 0 Å². The third kappa shape index (κ3) is 5.53. The minimum Gasteiger partial charge on any atom is -0.334 e. The van der Waals surface area contributed by atoms with E-state index < -0.39 is 9.84 Å². The summed E-state index contributed by atoms with van der Waals surface area (Å²) in [4.78, 5) is 20.8. The molecule has 9 heteroatoms. The predicted octanol–water partition coefficient (Wildman–Crippen LogP) is 5.50. The fourth-order valence-corrected chi connectivity index (χ4v) is 6.70. The molecule has 6 rings (SSSR count). The maximum absolute atomic E-state index is 13.4. The fourth-order valence-electron chi connectivity index (χ4n) is 5.82. The van der Waals surface area contributed by atoms with Crippen molar-refractivity contribution < 1.29 is 13.2 Å². The molecule has 3 aromatic rings. The number of aromatic nitrogens is 3. The lowest BCUT2D eigenvalue weighted by Gasteiger charge is -2.21. The Morgan fingerprint density at radius 2 is 1.60 bits per heavy atom. The first kappa shape index (κ1) is 27.0. The van der Waals surface area contributed by atoms with Crippen LogP contribution in [0.1, 0.15) is 105 Å². The van der Waals surface area contributed by atoms with E-state index in [4.69, 9.17) is 10.1 Å². The molecule has 0 spiro atoms. The third-order valence-electron chi connectivity index (χ3n) is 8.53. The van der Waals surface area contributed by atoms with Crippen molar-refractivity contribution in [3.05, 3.63) is 76.9 Å². The molecule has 8 nitrogen and oxygen atoms in total. The van der Waals surface area contributed by atoms with Gasteiger partial charge in [0.15, 0.2) is 9.84 Å². The normalized spacial score (nSPS) is 21.2. The highest BCUT2D eigenvalue weighted by Crippen LogP contribution is 2.45. The van der Waals surface area contributed by atoms with Crippen LogP contribution in [0.2, 0.25) is 0 Å². The zero-order chi connectivity index (χ0) is 28.0. The van der Waals surface area contributed by atoms with Crippen molar-refractivity contribution in [3.8, 4) is 0 Å². The molecule has 1 aromatic carbocycles. The molecule has 2 atom stereocenters. The van der Waals surface area contributed by atoms with Gasteiger partial charge in [-0.05, 0) is 75.4 Å². The zero-order valence-electron chi connectivity index (χ0n) is 23.6. The minimum absolute atomic E-state index is 0.0661. The van der Waals surface area contributed by atoms with Crippen LogP contribution in [0.4, 0.5) is 4.79 Å². The fraction of sp³-hybridized carbons (Fsp3) is 0.516. The molecule has 3 aliphatic rings. The van der Waals surface area contributed by atoms with Gasteiger partial charge in [-0.3, -0.25) is 9.67 Å². The van der Waals surface area contributed by atoms with Crippen LogP contribution >= 0.6 is 0 Å². The Kier molecular flexibility index (Phi) is 7.19. The van der Waals surface area contributed by atoms with Crippen LogP contribution in [0.15, 0.2) is 53.4 Å². The number of nitrogens with zero attached hydrogens (tertiary/aromatic N) is 4. The van der Waals surface area contributed by atoms with Crippen molar-refractivity contribution in [1.29, 1.82) is 0 Å². The van der Waals surface area contributed by atoms with Gasteiger partial charge in [0.1, 0.15) is 0 Å². The van der Waals surface area contributed by atoms with Gasteiger partial charge in [-0.2, -0.15) is 5.10 Å². The molecule has 0 bridgehead atoms. The number of amides is 2. The van der Waals surface area contributed by atoms with Crippen LogP contribution in [0, 0.1) is 0 Å². The van der Waals surface area contributed by atoms with E-state index in [2.05, 4.69) is 48.1 Å². The molecular formula is C31H39N5O3S. The second-order valence-electron chi connectivity index (χ2n) is 11.9. The molecule has 40 heavy (non-hydrogen) atoms. The lowest BCUT2D eigenvalue weighted by Crippen LogP contribution is -2.38. The van der Waals surface area contributed by atoms with Crippen LogP contribution < -0.4 is 5.32 Å². The Morgan fingerprint density at radius 3 is 2.25 bits per heavy atom. The quantitative estimate of drug-likeness (QED) is 0.372. The van der Waals surface area contributed by atoms with E-state index in [-0.39, 0.29) is 29.7 Å². The molecule has 3 fully saturated rings. The van der Waals surface area contributed by atoms with Gasteiger partial charge in [-0.1, -0.05) is 25.1 Å². The Balaban J connectivity index is 1.23. The summed E-state index contributed by atoms with van der Waals surface area (Å²) < 4.78 is 26.4. The van der Waals surface area contributed by atoms with Crippen molar-refractivity contribution in [2.24, 2.45) is 0 Å². The molecule has 0 radical (unpaired) electrons. The molecule has 1 saturated heterocycles. The van der Waals surface area contributed by atoms with Gasteiger partial charge in [0.2, 0.25) is 0 Å². The smallest absolute Gasteiger partial charge is 0.317 e. The lowest BCUT2D eigenvalue weighted by molar-refractivity contribution is 0.207. The van der Waals surface area contributed by atoms with Gasteiger partial charge < -0.3 is 10.2 Å². The first-order valence-corrected chi connectivity index (χ1v) is 16.3. The molecule has 2 aromatic heterocycles. The molecule has 2 aliphatic carbocycles. The SMILES string of the molecule is CCS(=O)(=O)c1ccc(CNC(=O)N2CC(c3cccc(C4CC4)n3)C(c3cc(C4CC4)nn3C(C)C)C2)cc1. The average molecular weight is 562 g/mol.